The SMILES string of the molecule is C[C@H]1C[C@@H]2[C@H]([C@H](O)C[C@@]3(C)[C@H]2CC[C@]3(O)C(=O)COOCCC(=O)O)[C@@]2(C)C=CC(=O)C=C12. The minimum absolute atomic E-state index is 0.0191. The number of carboxylic acids is 1. The van der Waals surface area contributed by atoms with Crippen molar-refractivity contribution in [2.45, 2.75) is 64.6 Å². The van der Waals surface area contributed by atoms with Gasteiger partial charge in [-0.3, -0.25) is 14.4 Å². The van der Waals surface area contributed by atoms with Gasteiger partial charge in [0.25, 0.3) is 0 Å². The minimum Gasteiger partial charge on any atom is -0.481 e. The Morgan fingerprint density at radius 1 is 1.24 bits per heavy atom. The van der Waals surface area contributed by atoms with Gasteiger partial charge in [-0.1, -0.05) is 32.4 Å². The molecule has 0 radical (unpaired) electrons. The van der Waals surface area contributed by atoms with E-state index in [-0.39, 0.29) is 55.3 Å². The summed E-state index contributed by atoms with van der Waals surface area (Å²) in [6, 6.07) is 0. The van der Waals surface area contributed by atoms with E-state index in [4.69, 9.17) is 14.9 Å². The summed E-state index contributed by atoms with van der Waals surface area (Å²) in [6.07, 6.45) is 6.29. The third kappa shape index (κ3) is 3.71. The number of Topliss-reactive ketones (excluding diaryl/α,β-unsaturated/α-hetero) is 1. The topological polar surface area (TPSA) is 130 Å². The van der Waals surface area contributed by atoms with Crippen molar-refractivity contribution < 1.29 is 39.5 Å². The number of hydrogen-bond donors (Lipinski definition) is 3. The molecule has 0 heterocycles. The number of carbonyl (C=O) groups excluding carboxylic acids is 2. The summed E-state index contributed by atoms with van der Waals surface area (Å²) in [5.41, 5.74) is -1.84. The first kappa shape index (κ1) is 24.3. The van der Waals surface area contributed by atoms with Gasteiger partial charge in [0.15, 0.2) is 11.6 Å². The van der Waals surface area contributed by atoms with Crippen LogP contribution in [0, 0.1) is 34.5 Å². The Hall–Kier alpha value is -1.87. The summed E-state index contributed by atoms with van der Waals surface area (Å²) in [5, 5.41) is 31.7. The number of fused-ring (bicyclic) bond motifs is 5. The maximum atomic E-state index is 13.1. The molecule has 0 aromatic heterocycles. The molecule has 0 saturated heterocycles. The van der Waals surface area contributed by atoms with Gasteiger partial charge in [-0.2, -0.15) is 0 Å². The number of allylic oxidation sites excluding steroid dienone is 4. The van der Waals surface area contributed by atoms with E-state index in [1.807, 2.05) is 13.0 Å². The fourth-order valence-electron chi connectivity index (χ4n) is 7.61. The van der Waals surface area contributed by atoms with E-state index in [0.717, 1.165) is 12.0 Å². The van der Waals surface area contributed by atoms with Crippen LogP contribution >= 0.6 is 0 Å². The Labute approximate surface area is 193 Å². The quantitative estimate of drug-likeness (QED) is 0.298. The zero-order valence-corrected chi connectivity index (χ0v) is 19.5. The summed E-state index contributed by atoms with van der Waals surface area (Å²) >= 11 is 0. The Balaban J connectivity index is 1.55. The summed E-state index contributed by atoms with van der Waals surface area (Å²) in [6.45, 7) is 5.43. The van der Waals surface area contributed by atoms with Crippen molar-refractivity contribution in [1.29, 1.82) is 0 Å². The molecule has 33 heavy (non-hydrogen) atoms. The fraction of sp³-hybridized carbons (Fsp3) is 0.720. The average Bonchev–Trinajstić information content (AvgIpc) is 3.00. The van der Waals surface area contributed by atoms with Gasteiger partial charge in [0.1, 0.15) is 12.2 Å². The van der Waals surface area contributed by atoms with Crippen molar-refractivity contribution in [3.05, 3.63) is 23.8 Å². The molecule has 0 aromatic carbocycles. The van der Waals surface area contributed by atoms with Gasteiger partial charge in [0.2, 0.25) is 0 Å². The van der Waals surface area contributed by atoms with Gasteiger partial charge in [-0.05, 0) is 55.6 Å². The normalized spacial score (nSPS) is 44.0. The van der Waals surface area contributed by atoms with E-state index in [1.54, 1.807) is 12.2 Å². The molecule has 4 rings (SSSR count). The monoisotopic (exact) mass is 462 g/mol. The van der Waals surface area contributed by atoms with Gasteiger partial charge in [-0.25, -0.2) is 9.78 Å². The molecule has 8 atom stereocenters. The molecule has 0 aliphatic heterocycles. The third-order valence-corrected chi connectivity index (χ3v) is 9.10. The standard InChI is InChI=1S/C25H34O8/c1-14-10-16-17-5-8-25(31,20(28)13-33-32-9-6-21(29)30)24(17,3)12-19(27)22(16)23(2)7-4-15(26)11-18(14)23/h4,7,11,14,16-17,19,22,27,31H,5-6,8-10,12-13H2,1-3H3,(H,29,30)/t14-,16-,17-,19+,22+,23-,24-,25-/m0/s1. The van der Waals surface area contributed by atoms with Crippen LogP contribution in [-0.4, -0.2) is 57.8 Å². The first-order valence-corrected chi connectivity index (χ1v) is 11.8. The van der Waals surface area contributed by atoms with Crippen LogP contribution < -0.4 is 0 Å². The predicted octanol–water partition coefficient (Wildman–Crippen LogP) is 2.23. The second-order valence-corrected chi connectivity index (χ2v) is 10.8. The number of hydrogen-bond acceptors (Lipinski definition) is 7. The lowest BCUT2D eigenvalue weighted by Crippen LogP contribution is -2.62. The van der Waals surface area contributed by atoms with Gasteiger partial charge in [0, 0.05) is 16.7 Å². The molecule has 0 amide bonds. The Kier molecular flexibility index (Phi) is 6.18. The highest BCUT2D eigenvalue weighted by Crippen LogP contribution is 2.67. The molecule has 3 N–H and O–H groups in total. The summed E-state index contributed by atoms with van der Waals surface area (Å²) in [7, 11) is 0. The maximum absolute atomic E-state index is 13.1. The van der Waals surface area contributed by atoms with Crippen molar-refractivity contribution in [3.8, 4) is 0 Å². The highest BCUT2D eigenvalue weighted by molar-refractivity contribution is 6.01. The lowest BCUT2D eigenvalue weighted by Gasteiger charge is -2.60. The molecule has 3 saturated carbocycles. The molecule has 4 aliphatic carbocycles. The first-order chi connectivity index (χ1) is 15.4. The van der Waals surface area contributed by atoms with Crippen molar-refractivity contribution in [2.75, 3.05) is 13.2 Å². The van der Waals surface area contributed by atoms with Crippen molar-refractivity contribution in [2.24, 2.45) is 34.5 Å². The van der Waals surface area contributed by atoms with E-state index >= 15 is 0 Å². The predicted molar refractivity (Wildman–Crippen MR) is 117 cm³/mol. The minimum atomic E-state index is -1.65. The van der Waals surface area contributed by atoms with E-state index in [1.165, 1.54) is 0 Å². The van der Waals surface area contributed by atoms with Crippen LogP contribution in [0.5, 0.6) is 0 Å². The van der Waals surface area contributed by atoms with Crippen molar-refractivity contribution in [1.82, 2.24) is 0 Å². The Morgan fingerprint density at radius 2 is 1.97 bits per heavy atom. The lowest BCUT2D eigenvalue weighted by molar-refractivity contribution is -0.292. The number of ketones is 2. The number of aliphatic carboxylic acids is 1. The summed E-state index contributed by atoms with van der Waals surface area (Å²) < 4.78 is 0. The smallest absolute Gasteiger partial charge is 0.305 e. The average molecular weight is 463 g/mol. The van der Waals surface area contributed by atoms with Crippen LogP contribution in [0.15, 0.2) is 23.8 Å². The van der Waals surface area contributed by atoms with Crippen molar-refractivity contribution >= 4 is 17.5 Å². The molecule has 0 aromatic rings. The number of aliphatic hydroxyl groups excluding tert-OH is 1. The summed E-state index contributed by atoms with van der Waals surface area (Å²) in [4.78, 5) is 45.4. The zero-order chi connectivity index (χ0) is 24.2. The van der Waals surface area contributed by atoms with Crippen LogP contribution in [-0.2, 0) is 24.2 Å². The highest BCUT2D eigenvalue weighted by atomic mass is 17.2. The number of rotatable bonds is 7. The Morgan fingerprint density at radius 3 is 2.67 bits per heavy atom. The molecule has 8 heteroatoms. The van der Waals surface area contributed by atoms with Gasteiger partial charge in [0.05, 0.1) is 19.1 Å². The maximum Gasteiger partial charge on any atom is 0.305 e. The van der Waals surface area contributed by atoms with Gasteiger partial charge >= 0.3 is 5.97 Å². The molecule has 0 spiro atoms. The third-order valence-electron chi connectivity index (χ3n) is 9.10. The molecule has 182 valence electrons. The zero-order valence-electron chi connectivity index (χ0n) is 19.5. The molecule has 0 bridgehead atoms. The Bertz CT molecular complexity index is 908. The number of carbonyl (C=O) groups is 3. The van der Waals surface area contributed by atoms with Crippen LogP contribution in [0.4, 0.5) is 0 Å². The highest BCUT2D eigenvalue weighted by Gasteiger charge is 2.68. The summed E-state index contributed by atoms with van der Waals surface area (Å²) in [5.74, 6) is -1.35. The largest absolute Gasteiger partial charge is 0.481 e. The lowest BCUT2D eigenvalue weighted by atomic mass is 9.45. The molecule has 8 nitrogen and oxygen atoms in total. The van der Waals surface area contributed by atoms with Crippen molar-refractivity contribution in [3.63, 3.8) is 0 Å². The van der Waals surface area contributed by atoms with Crippen LogP contribution in [0.1, 0.15) is 52.9 Å². The number of aliphatic hydroxyl groups is 2. The molecule has 3 fully saturated rings. The molecular weight excluding hydrogens is 428 g/mol. The second kappa shape index (κ2) is 8.41. The molecule has 0 unspecified atom stereocenters. The van der Waals surface area contributed by atoms with Crippen LogP contribution in [0.25, 0.3) is 0 Å². The first-order valence-electron chi connectivity index (χ1n) is 11.8. The van der Waals surface area contributed by atoms with E-state index < -0.39 is 40.9 Å². The number of carboxylic acid groups (broad SMARTS) is 1. The van der Waals surface area contributed by atoms with E-state index in [0.29, 0.717) is 6.42 Å². The fourth-order valence-corrected chi connectivity index (χ4v) is 7.61. The van der Waals surface area contributed by atoms with E-state index in [2.05, 4.69) is 13.8 Å². The molecule has 4 aliphatic rings. The van der Waals surface area contributed by atoms with Crippen LogP contribution in [0.3, 0.4) is 0 Å². The molecular formula is C25H34O8. The van der Waals surface area contributed by atoms with Gasteiger partial charge < -0.3 is 15.3 Å². The van der Waals surface area contributed by atoms with Crippen LogP contribution in [0.2, 0.25) is 0 Å². The van der Waals surface area contributed by atoms with E-state index in [9.17, 15) is 24.6 Å². The van der Waals surface area contributed by atoms with Gasteiger partial charge in [-0.15, -0.1) is 0 Å². The second-order valence-electron chi connectivity index (χ2n) is 10.8.